The first kappa shape index (κ1) is 15.2. The molecule has 0 radical (unpaired) electrons. The van der Waals surface area contributed by atoms with Gasteiger partial charge in [0.05, 0.1) is 0 Å². The fourth-order valence-electron chi connectivity index (χ4n) is 3.50. The molecule has 1 aromatic carbocycles. The van der Waals surface area contributed by atoms with Crippen molar-refractivity contribution in [3.8, 4) is 11.4 Å². The third kappa shape index (κ3) is 2.55. The molecule has 1 amide bonds. The summed E-state index contributed by atoms with van der Waals surface area (Å²) in [7, 11) is 0. The summed E-state index contributed by atoms with van der Waals surface area (Å²) in [5.41, 5.74) is 1.37. The Labute approximate surface area is 135 Å². The highest BCUT2D eigenvalue weighted by Crippen LogP contribution is 2.39. The molecule has 2 heterocycles. The Morgan fingerprint density at radius 2 is 1.96 bits per heavy atom. The van der Waals surface area contributed by atoms with Crippen LogP contribution in [0.3, 0.4) is 0 Å². The molecule has 0 spiro atoms. The van der Waals surface area contributed by atoms with Crippen molar-refractivity contribution in [2.75, 3.05) is 0 Å². The van der Waals surface area contributed by atoms with Gasteiger partial charge in [-0.2, -0.15) is 18.2 Å². The number of likely N-dealkylation sites (tertiary alicyclic amines) is 1. The molecule has 126 valence electrons. The maximum absolute atomic E-state index is 12.5. The number of nitrogens with zero attached hydrogens (tertiary/aromatic N) is 3. The quantitative estimate of drug-likeness (QED) is 0.862. The summed E-state index contributed by atoms with van der Waals surface area (Å²) < 4.78 is 41.7. The summed E-state index contributed by atoms with van der Waals surface area (Å²) in [5.74, 6) is -1.08. The van der Waals surface area contributed by atoms with Crippen LogP contribution >= 0.6 is 0 Å². The second-order valence-electron chi connectivity index (χ2n) is 6.25. The summed E-state index contributed by atoms with van der Waals surface area (Å²) in [6.45, 7) is 0.528. The standard InChI is InChI=1S/C16H14F3N3O2/c17-16(18,19)15-20-13(21-24-15)10-3-1-9(2-4-10)8-22-12-6-5-11(7-12)14(22)23/h1-4,11-12H,5-8H2. The summed E-state index contributed by atoms with van der Waals surface area (Å²) in [4.78, 5) is 17.4. The van der Waals surface area contributed by atoms with Gasteiger partial charge in [0, 0.05) is 24.1 Å². The molecular formula is C16H14F3N3O2. The molecule has 1 aromatic heterocycles. The Hall–Kier alpha value is -2.38. The van der Waals surface area contributed by atoms with Crippen LogP contribution in [-0.4, -0.2) is 27.0 Å². The maximum Gasteiger partial charge on any atom is 0.471 e. The van der Waals surface area contributed by atoms with Crippen molar-refractivity contribution in [2.24, 2.45) is 5.92 Å². The van der Waals surface area contributed by atoms with E-state index in [9.17, 15) is 18.0 Å². The number of benzene rings is 1. The Morgan fingerprint density at radius 3 is 2.54 bits per heavy atom. The molecule has 1 aliphatic carbocycles. The number of hydrogen-bond donors (Lipinski definition) is 0. The molecular weight excluding hydrogens is 323 g/mol. The Balaban J connectivity index is 1.49. The van der Waals surface area contributed by atoms with Crippen molar-refractivity contribution in [3.05, 3.63) is 35.7 Å². The third-order valence-electron chi connectivity index (χ3n) is 4.71. The molecule has 2 fully saturated rings. The number of halogens is 3. The highest BCUT2D eigenvalue weighted by Gasteiger charge is 2.44. The largest absolute Gasteiger partial charge is 0.471 e. The molecule has 24 heavy (non-hydrogen) atoms. The number of aromatic nitrogens is 2. The van der Waals surface area contributed by atoms with Gasteiger partial charge in [0.25, 0.3) is 0 Å². The lowest BCUT2D eigenvalue weighted by atomic mass is 10.1. The average Bonchev–Trinajstić information content (AvgIpc) is 3.25. The fourth-order valence-corrected chi connectivity index (χ4v) is 3.50. The van der Waals surface area contributed by atoms with Crippen LogP contribution in [0.25, 0.3) is 11.4 Å². The number of piperidine rings is 1. The number of rotatable bonds is 3. The average molecular weight is 337 g/mol. The number of carbonyl (C=O) groups is 1. The molecule has 4 rings (SSSR count). The first-order valence-corrected chi connectivity index (χ1v) is 7.72. The Morgan fingerprint density at radius 1 is 1.21 bits per heavy atom. The van der Waals surface area contributed by atoms with Crippen molar-refractivity contribution < 1.29 is 22.5 Å². The van der Waals surface area contributed by atoms with Crippen molar-refractivity contribution in [1.29, 1.82) is 0 Å². The number of carbonyl (C=O) groups excluding carboxylic acids is 1. The van der Waals surface area contributed by atoms with Gasteiger partial charge in [-0.05, 0) is 24.8 Å². The van der Waals surface area contributed by atoms with E-state index in [1.807, 2.05) is 4.90 Å². The third-order valence-corrected chi connectivity index (χ3v) is 4.71. The van der Waals surface area contributed by atoms with Crippen molar-refractivity contribution in [2.45, 2.75) is 38.0 Å². The van der Waals surface area contributed by atoms with Gasteiger partial charge in [0.2, 0.25) is 11.7 Å². The van der Waals surface area contributed by atoms with Crippen LogP contribution < -0.4 is 0 Å². The zero-order chi connectivity index (χ0) is 16.9. The maximum atomic E-state index is 12.5. The molecule has 8 heteroatoms. The van der Waals surface area contributed by atoms with Crippen LogP contribution in [-0.2, 0) is 17.5 Å². The van der Waals surface area contributed by atoms with Gasteiger partial charge in [0.15, 0.2) is 0 Å². The van der Waals surface area contributed by atoms with Gasteiger partial charge in [-0.25, -0.2) is 0 Å². The lowest BCUT2D eigenvalue weighted by Gasteiger charge is -2.27. The molecule has 2 aromatic rings. The molecule has 1 aliphatic heterocycles. The summed E-state index contributed by atoms with van der Waals surface area (Å²) in [6, 6.07) is 7.16. The van der Waals surface area contributed by atoms with E-state index < -0.39 is 12.1 Å². The smallest absolute Gasteiger partial charge is 0.335 e. The van der Waals surface area contributed by atoms with Gasteiger partial charge >= 0.3 is 12.1 Å². The summed E-state index contributed by atoms with van der Waals surface area (Å²) in [5, 5.41) is 3.36. The minimum Gasteiger partial charge on any atom is -0.335 e. The second kappa shape index (κ2) is 5.32. The molecule has 2 aliphatic rings. The van der Waals surface area contributed by atoms with E-state index in [1.165, 1.54) is 0 Å². The second-order valence-corrected chi connectivity index (χ2v) is 6.25. The first-order chi connectivity index (χ1) is 11.4. The SMILES string of the molecule is O=C1C2CCC(C2)N1Cc1ccc(-c2noc(C(F)(F)F)n2)cc1. The number of hydrogen-bond acceptors (Lipinski definition) is 4. The predicted octanol–water partition coefficient (Wildman–Crippen LogP) is 3.27. The van der Waals surface area contributed by atoms with E-state index in [1.54, 1.807) is 24.3 Å². The Kier molecular flexibility index (Phi) is 3.36. The number of alkyl halides is 3. The lowest BCUT2D eigenvalue weighted by molar-refractivity contribution is -0.159. The number of amides is 1. The van der Waals surface area contributed by atoms with Crippen molar-refractivity contribution in [3.63, 3.8) is 0 Å². The molecule has 1 saturated carbocycles. The van der Waals surface area contributed by atoms with E-state index in [0.29, 0.717) is 18.2 Å². The van der Waals surface area contributed by atoms with Crippen molar-refractivity contribution >= 4 is 5.91 Å². The van der Waals surface area contributed by atoms with Crippen LogP contribution in [0.15, 0.2) is 28.8 Å². The molecule has 1 saturated heterocycles. The van der Waals surface area contributed by atoms with E-state index in [-0.39, 0.29) is 17.6 Å². The van der Waals surface area contributed by atoms with Crippen LogP contribution in [0, 0.1) is 5.92 Å². The van der Waals surface area contributed by atoms with Gasteiger partial charge in [-0.3, -0.25) is 4.79 Å². The first-order valence-electron chi connectivity index (χ1n) is 7.72. The highest BCUT2D eigenvalue weighted by molar-refractivity contribution is 5.82. The lowest BCUT2D eigenvalue weighted by Crippen LogP contribution is -2.36. The van der Waals surface area contributed by atoms with Crippen LogP contribution in [0.5, 0.6) is 0 Å². The van der Waals surface area contributed by atoms with E-state index in [2.05, 4.69) is 14.7 Å². The van der Waals surface area contributed by atoms with E-state index in [0.717, 1.165) is 24.8 Å². The fraction of sp³-hybridized carbons (Fsp3) is 0.438. The van der Waals surface area contributed by atoms with Crippen LogP contribution in [0.1, 0.15) is 30.7 Å². The summed E-state index contributed by atoms with van der Waals surface area (Å²) in [6.07, 6.45) is -1.67. The normalized spacial score (nSPS) is 23.3. The van der Waals surface area contributed by atoms with Crippen LogP contribution in [0.4, 0.5) is 13.2 Å². The van der Waals surface area contributed by atoms with E-state index in [4.69, 9.17) is 0 Å². The predicted molar refractivity (Wildman–Crippen MR) is 76.4 cm³/mol. The minimum absolute atomic E-state index is 0.106. The zero-order valence-electron chi connectivity index (χ0n) is 12.6. The molecule has 2 atom stereocenters. The van der Waals surface area contributed by atoms with Gasteiger partial charge in [-0.1, -0.05) is 29.4 Å². The molecule has 2 bridgehead atoms. The van der Waals surface area contributed by atoms with Gasteiger partial charge in [0.1, 0.15) is 0 Å². The monoisotopic (exact) mass is 337 g/mol. The van der Waals surface area contributed by atoms with Gasteiger partial charge < -0.3 is 9.42 Å². The molecule has 2 unspecified atom stereocenters. The zero-order valence-corrected chi connectivity index (χ0v) is 12.6. The summed E-state index contributed by atoms with van der Waals surface area (Å²) >= 11 is 0. The Bertz CT molecular complexity index is 770. The van der Waals surface area contributed by atoms with Crippen LogP contribution in [0.2, 0.25) is 0 Å². The topological polar surface area (TPSA) is 59.2 Å². The molecule has 5 nitrogen and oxygen atoms in total. The van der Waals surface area contributed by atoms with Gasteiger partial charge in [-0.15, -0.1) is 0 Å². The number of fused-ring (bicyclic) bond motifs is 2. The minimum atomic E-state index is -4.65. The van der Waals surface area contributed by atoms with E-state index >= 15 is 0 Å². The highest BCUT2D eigenvalue weighted by atomic mass is 19.4. The molecule has 0 N–H and O–H groups in total. The van der Waals surface area contributed by atoms with Crippen molar-refractivity contribution in [1.82, 2.24) is 15.0 Å².